The van der Waals surface area contributed by atoms with Crippen molar-refractivity contribution < 1.29 is 4.74 Å². The molecule has 0 amide bonds. The van der Waals surface area contributed by atoms with Crippen molar-refractivity contribution in [3.8, 4) is 6.07 Å². The summed E-state index contributed by atoms with van der Waals surface area (Å²) in [5.74, 6) is 7.01. The highest BCUT2D eigenvalue weighted by atomic mass is 16.5. The van der Waals surface area contributed by atoms with E-state index in [1.165, 1.54) is 57.8 Å². The van der Waals surface area contributed by atoms with Crippen molar-refractivity contribution in [1.29, 1.82) is 5.26 Å². The van der Waals surface area contributed by atoms with Gasteiger partial charge in [-0.05, 0) is 124 Å². The van der Waals surface area contributed by atoms with Crippen molar-refractivity contribution in [1.82, 2.24) is 9.78 Å². The van der Waals surface area contributed by atoms with E-state index in [9.17, 15) is 5.26 Å². The van der Waals surface area contributed by atoms with Crippen molar-refractivity contribution in [2.45, 2.75) is 85.1 Å². The van der Waals surface area contributed by atoms with Crippen molar-refractivity contribution in [3.05, 3.63) is 18.0 Å². The second-order valence-corrected chi connectivity index (χ2v) is 12.0. The molecule has 4 aliphatic rings. The van der Waals surface area contributed by atoms with Gasteiger partial charge in [0.25, 0.3) is 0 Å². The lowest BCUT2D eigenvalue weighted by Gasteiger charge is -2.57. The SMILES string of the molecule is CCOCC1CCC2C(CCC3C2CCC2(C)C3CCC2[C@H](C)Cn2nccc2C#N)C1. The van der Waals surface area contributed by atoms with E-state index in [0.717, 1.165) is 61.2 Å². The first-order valence-electron chi connectivity index (χ1n) is 13.5. The molecule has 0 bridgehead atoms. The zero-order valence-electron chi connectivity index (χ0n) is 20.5. The molecule has 9 atom stereocenters. The first-order chi connectivity index (χ1) is 15.5. The summed E-state index contributed by atoms with van der Waals surface area (Å²) in [6, 6.07) is 4.15. The highest BCUT2D eigenvalue weighted by Gasteiger charge is 2.57. The third kappa shape index (κ3) is 3.83. The highest BCUT2D eigenvalue weighted by molar-refractivity contribution is 5.18. The van der Waals surface area contributed by atoms with Gasteiger partial charge in [-0.3, -0.25) is 4.68 Å². The molecule has 0 spiro atoms. The molecule has 0 aliphatic heterocycles. The smallest absolute Gasteiger partial charge is 0.138 e. The Labute approximate surface area is 195 Å². The van der Waals surface area contributed by atoms with Gasteiger partial charge in [0.1, 0.15) is 11.8 Å². The Bertz CT molecular complexity index is 827. The van der Waals surface area contributed by atoms with Crippen LogP contribution < -0.4 is 0 Å². The fourth-order valence-electron chi connectivity index (χ4n) is 9.33. The van der Waals surface area contributed by atoms with Crippen LogP contribution in [0.3, 0.4) is 0 Å². The van der Waals surface area contributed by atoms with Crippen LogP contribution in [0.15, 0.2) is 12.3 Å². The monoisotopic (exact) mass is 437 g/mol. The van der Waals surface area contributed by atoms with E-state index in [0.29, 0.717) is 17.0 Å². The van der Waals surface area contributed by atoms with E-state index >= 15 is 0 Å². The summed E-state index contributed by atoms with van der Waals surface area (Å²) in [6.45, 7) is 9.95. The van der Waals surface area contributed by atoms with Crippen molar-refractivity contribution in [2.75, 3.05) is 13.2 Å². The van der Waals surface area contributed by atoms with Gasteiger partial charge >= 0.3 is 0 Å². The van der Waals surface area contributed by atoms with Gasteiger partial charge in [0.05, 0.1) is 6.20 Å². The topological polar surface area (TPSA) is 50.8 Å². The number of fused-ring (bicyclic) bond motifs is 5. The third-order valence-corrected chi connectivity index (χ3v) is 10.7. The predicted octanol–water partition coefficient (Wildman–Crippen LogP) is 6.31. The Kier molecular flexibility index (Phi) is 6.41. The summed E-state index contributed by atoms with van der Waals surface area (Å²) in [4.78, 5) is 0. The number of nitrogens with zero attached hydrogens (tertiary/aromatic N) is 3. The molecule has 4 nitrogen and oxygen atoms in total. The molecule has 5 rings (SSSR count). The van der Waals surface area contributed by atoms with E-state index in [1.807, 2.05) is 10.7 Å². The van der Waals surface area contributed by atoms with Crippen LogP contribution in [0.4, 0.5) is 0 Å². The fourth-order valence-corrected chi connectivity index (χ4v) is 9.33. The molecule has 0 aromatic carbocycles. The molecule has 8 unspecified atom stereocenters. The molecule has 4 heteroatoms. The molecule has 4 aliphatic carbocycles. The molecule has 0 radical (unpaired) electrons. The van der Waals surface area contributed by atoms with E-state index in [4.69, 9.17) is 4.74 Å². The number of nitriles is 1. The summed E-state index contributed by atoms with van der Waals surface area (Å²) in [7, 11) is 0. The molecule has 32 heavy (non-hydrogen) atoms. The summed E-state index contributed by atoms with van der Waals surface area (Å²) < 4.78 is 7.73. The third-order valence-electron chi connectivity index (χ3n) is 10.7. The van der Waals surface area contributed by atoms with Crippen molar-refractivity contribution in [3.63, 3.8) is 0 Å². The number of hydrogen-bond donors (Lipinski definition) is 0. The molecule has 0 N–H and O–H groups in total. The molecular formula is C28H43N3O. The molecule has 176 valence electrons. The van der Waals surface area contributed by atoms with Crippen LogP contribution in [-0.2, 0) is 11.3 Å². The first-order valence-corrected chi connectivity index (χ1v) is 13.5. The van der Waals surface area contributed by atoms with Crippen molar-refractivity contribution in [2.24, 2.45) is 52.8 Å². The number of ether oxygens (including phenoxy) is 1. The highest BCUT2D eigenvalue weighted by Crippen LogP contribution is 2.65. The van der Waals surface area contributed by atoms with E-state index in [2.05, 4.69) is 31.9 Å². The maximum Gasteiger partial charge on any atom is 0.138 e. The Morgan fingerprint density at radius 2 is 2.00 bits per heavy atom. The zero-order chi connectivity index (χ0) is 22.3. The van der Waals surface area contributed by atoms with Crippen LogP contribution in [0.1, 0.15) is 84.3 Å². The Morgan fingerprint density at radius 1 is 1.16 bits per heavy atom. The van der Waals surface area contributed by atoms with Gasteiger partial charge in [-0.2, -0.15) is 10.4 Å². The van der Waals surface area contributed by atoms with Crippen LogP contribution in [0.5, 0.6) is 0 Å². The van der Waals surface area contributed by atoms with Gasteiger partial charge in [-0.1, -0.05) is 13.8 Å². The zero-order valence-corrected chi connectivity index (χ0v) is 20.5. The molecule has 1 aromatic heterocycles. The Hall–Kier alpha value is -1.34. The van der Waals surface area contributed by atoms with Gasteiger partial charge in [0.15, 0.2) is 0 Å². The van der Waals surface area contributed by atoms with E-state index in [1.54, 1.807) is 6.20 Å². The predicted molar refractivity (Wildman–Crippen MR) is 127 cm³/mol. The minimum atomic E-state index is 0.486. The summed E-state index contributed by atoms with van der Waals surface area (Å²) in [6.07, 6.45) is 14.7. The van der Waals surface area contributed by atoms with Crippen LogP contribution in [0.25, 0.3) is 0 Å². The van der Waals surface area contributed by atoms with Crippen LogP contribution in [-0.4, -0.2) is 23.0 Å². The van der Waals surface area contributed by atoms with Gasteiger partial charge in [0, 0.05) is 19.8 Å². The van der Waals surface area contributed by atoms with E-state index in [-0.39, 0.29) is 0 Å². The second kappa shape index (κ2) is 9.13. The number of aromatic nitrogens is 2. The summed E-state index contributed by atoms with van der Waals surface area (Å²) in [5, 5.41) is 13.8. The van der Waals surface area contributed by atoms with Gasteiger partial charge in [-0.15, -0.1) is 0 Å². The lowest BCUT2D eigenvalue weighted by Crippen LogP contribution is -2.49. The molecular weight excluding hydrogens is 394 g/mol. The molecule has 1 aromatic rings. The lowest BCUT2D eigenvalue weighted by atomic mass is 9.49. The summed E-state index contributed by atoms with van der Waals surface area (Å²) >= 11 is 0. The molecule has 1 heterocycles. The van der Waals surface area contributed by atoms with E-state index < -0.39 is 0 Å². The van der Waals surface area contributed by atoms with Gasteiger partial charge in [-0.25, -0.2) is 0 Å². The number of rotatable bonds is 6. The van der Waals surface area contributed by atoms with Crippen LogP contribution >= 0.6 is 0 Å². The average molecular weight is 438 g/mol. The maximum absolute atomic E-state index is 9.39. The fraction of sp³-hybridized carbons (Fsp3) is 0.857. The second-order valence-electron chi connectivity index (χ2n) is 12.0. The normalized spacial score (nSPS) is 41.9. The maximum atomic E-state index is 9.39. The van der Waals surface area contributed by atoms with Crippen LogP contribution in [0.2, 0.25) is 0 Å². The lowest BCUT2D eigenvalue weighted by molar-refractivity contribution is -0.0786. The number of hydrogen-bond acceptors (Lipinski definition) is 3. The summed E-state index contributed by atoms with van der Waals surface area (Å²) in [5.41, 5.74) is 1.19. The standard InChI is InChI=1S/C28H43N3O/c1-4-32-18-20-5-7-23-21(15-20)6-8-25-24(23)11-13-28(3)26(9-10-27(25)28)19(2)17-31-22(16-29)12-14-30-31/h12,14,19-21,23-27H,4-11,13,15,17-18H2,1-3H3/t19-,20?,21?,23?,24?,25?,26?,27?,28?/m1/s1. The Morgan fingerprint density at radius 3 is 2.81 bits per heavy atom. The van der Waals surface area contributed by atoms with Crippen molar-refractivity contribution >= 4 is 0 Å². The van der Waals surface area contributed by atoms with Crippen LogP contribution in [0, 0.1) is 64.1 Å². The quantitative estimate of drug-likeness (QED) is 0.524. The minimum Gasteiger partial charge on any atom is -0.381 e. The molecule has 4 fully saturated rings. The largest absolute Gasteiger partial charge is 0.381 e. The first kappa shape index (κ1) is 22.5. The Balaban J connectivity index is 1.26. The minimum absolute atomic E-state index is 0.486. The molecule has 4 saturated carbocycles. The average Bonchev–Trinajstić information content (AvgIpc) is 3.40. The molecule has 0 saturated heterocycles. The van der Waals surface area contributed by atoms with Gasteiger partial charge < -0.3 is 4.74 Å². The van der Waals surface area contributed by atoms with Gasteiger partial charge in [0.2, 0.25) is 0 Å².